The number of aromatic nitrogens is 1. The molecular formula is C25H27N3O5. The second kappa shape index (κ2) is 12.2. The molecule has 2 amide bonds. The van der Waals surface area contributed by atoms with Gasteiger partial charge >= 0.3 is 12.1 Å². The average molecular weight is 450 g/mol. The Morgan fingerprint density at radius 1 is 0.970 bits per heavy atom. The molecule has 3 rings (SSSR count). The number of amides is 2. The van der Waals surface area contributed by atoms with Crippen LogP contribution in [0.3, 0.4) is 0 Å². The molecule has 8 heteroatoms. The van der Waals surface area contributed by atoms with Crippen LogP contribution in [-0.4, -0.2) is 34.1 Å². The van der Waals surface area contributed by atoms with Crippen LogP contribution in [0.5, 0.6) is 0 Å². The minimum atomic E-state index is -0.849. The summed E-state index contributed by atoms with van der Waals surface area (Å²) in [7, 11) is 0. The largest absolute Gasteiger partial charge is 0.481 e. The quantitative estimate of drug-likeness (QED) is 0.371. The number of carboxylic acid groups (broad SMARTS) is 1. The van der Waals surface area contributed by atoms with Gasteiger partial charge in [0.15, 0.2) is 0 Å². The van der Waals surface area contributed by atoms with Gasteiger partial charge in [0.25, 0.3) is 0 Å². The number of carbonyl (C=O) groups is 3. The number of aliphatic carboxylic acids is 1. The van der Waals surface area contributed by atoms with Gasteiger partial charge in [-0.05, 0) is 42.7 Å². The highest BCUT2D eigenvalue weighted by atomic mass is 16.5. The van der Waals surface area contributed by atoms with Crippen molar-refractivity contribution < 1.29 is 24.2 Å². The van der Waals surface area contributed by atoms with Gasteiger partial charge in [-0.15, -0.1) is 0 Å². The van der Waals surface area contributed by atoms with Crippen LogP contribution in [0.1, 0.15) is 37.7 Å². The van der Waals surface area contributed by atoms with Crippen LogP contribution < -0.4 is 10.6 Å². The zero-order chi connectivity index (χ0) is 23.5. The number of hydrogen-bond donors (Lipinski definition) is 3. The third-order valence-electron chi connectivity index (χ3n) is 5.08. The zero-order valence-corrected chi connectivity index (χ0v) is 18.2. The molecule has 0 saturated carbocycles. The highest BCUT2D eigenvalue weighted by Crippen LogP contribution is 2.18. The molecule has 1 aromatic heterocycles. The van der Waals surface area contributed by atoms with Gasteiger partial charge in [-0.25, -0.2) is 4.79 Å². The van der Waals surface area contributed by atoms with E-state index in [1.807, 2.05) is 54.6 Å². The molecule has 3 aromatic rings. The molecule has 0 spiro atoms. The Labute approximate surface area is 192 Å². The van der Waals surface area contributed by atoms with Crippen LogP contribution >= 0.6 is 0 Å². The van der Waals surface area contributed by atoms with Crippen LogP contribution in [0.25, 0.3) is 10.9 Å². The average Bonchev–Trinajstić information content (AvgIpc) is 2.82. The van der Waals surface area contributed by atoms with E-state index >= 15 is 0 Å². The molecule has 3 N–H and O–H groups in total. The summed E-state index contributed by atoms with van der Waals surface area (Å²) in [5.74, 6) is -1.22. The minimum absolute atomic E-state index is 0.0779. The van der Waals surface area contributed by atoms with Crippen LogP contribution in [0.2, 0.25) is 0 Å². The number of hydrogen-bond acceptors (Lipinski definition) is 5. The fourth-order valence-electron chi connectivity index (χ4n) is 3.36. The first kappa shape index (κ1) is 23.7. The van der Waals surface area contributed by atoms with Gasteiger partial charge in [-0.3, -0.25) is 14.6 Å². The smallest absolute Gasteiger partial charge is 0.408 e. The van der Waals surface area contributed by atoms with Crippen molar-refractivity contribution in [3.05, 3.63) is 72.4 Å². The number of nitrogens with zero attached hydrogens (tertiary/aromatic N) is 1. The Balaban J connectivity index is 1.60. The number of anilines is 1. The molecular weight excluding hydrogens is 422 g/mol. The van der Waals surface area contributed by atoms with E-state index in [1.165, 1.54) is 0 Å². The van der Waals surface area contributed by atoms with Gasteiger partial charge in [0, 0.05) is 23.7 Å². The van der Waals surface area contributed by atoms with Gasteiger partial charge < -0.3 is 20.5 Å². The first-order valence-corrected chi connectivity index (χ1v) is 10.9. The fraction of sp³-hybridized carbons (Fsp3) is 0.280. The van der Waals surface area contributed by atoms with Gasteiger partial charge in [-0.1, -0.05) is 49.2 Å². The van der Waals surface area contributed by atoms with Gasteiger partial charge in [-0.2, -0.15) is 0 Å². The lowest BCUT2D eigenvalue weighted by molar-refractivity contribution is -0.137. The van der Waals surface area contributed by atoms with E-state index in [-0.39, 0.29) is 18.9 Å². The van der Waals surface area contributed by atoms with Gasteiger partial charge in [0.05, 0.1) is 5.52 Å². The maximum atomic E-state index is 12.9. The Kier molecular flexibility index (Phi) is 8.76. The molecule has 0 aliphatic heterocycles. The van der Waals surface area contributed by atoms with Crippen molar-refractivity contribution in [2.75, 3.05) is 5.32 Å². The third kappa shape index (κ3) is 7.92. The molecule has 1 atom stereocenters. The predicted octanol–water partition coefficient (Wildman–Crippen LogP) is 4.50. The molecule has 8 nitrogen and oxygen atoms in total. The highest BCUT2D eigenvalue weighted by Gasteiger charge is 2.21. The first-order valence-electron chi connectivity index (χ1n) is 10.9. The third-order valence-corrected chi connectivity index (χ3v) is 5.08. The lowest BCUT2D eigenvalue weighted by Crippen LogP contribution is -2.44. The topological polar surface area (TPSA) is 118 Å². The lowest BCUT2D eigenvalue weighted by atomic mass is 10.1. The number of carbonyl (C=O) groups excluding carboxylic acids is 2. The number of nitrogens with one attached hydrogen (secondary N) is 2. The SMILES string of the molecule is O=C(O)CCCCC[C@H](NC(=O)OCc1ccccc1)C(=O)Nc1ccc2ncccc2c1. The monoisotopic (exact) mass is 449 g/mol. The molecule has 33 heavy (non-hydrogen) atoms. The number of benzene rings is 2. The van der Waals surface area contributed by atoms with Crippen LogP contribution in [-0.2, 0) is 20.9 Å². The number of carboxylic acids is 1. The van der Waals surface area contributed by atoms with E-state index < -0.39 is 18.1 Å². The Morgan fingerprint density at radius 2 is 1.79 bits per heavy atom. The zero-order valence-electron chi connectivity index (χ0n) is 18.2. The second-order valence-corrected chi connectivity index (χ2v) is 7.65. The van der Waals surface area contributed by atoms with Crippen LogP contribution in [0.4, 0.5) is 10.5 Å². The van der Waals surface area contributed by atoms with Crippen LogP contribution in [0, 0.1) is 0 Å². The van der Waals surface area contributed by atoms with E-state index in [0.29, 0.717) is 31.4 Å². The molecule has 2 aromatic carbocycles. The maximum Gasteiger partial charge on any atom is 0.408 e. The summed E-state index contributed by atoms with van der Waals surface area (Å²) in [6.07, 6.45) is 3.19. The number of unbranched alkanes of at least 4 members (excludes halogenated alkanes) is 2. The molecule has 0 aliphatic rings. The van der Waals surface area contributed by atoms with Crippen molar-refractivity contribution in [1.29, 1.82) is 0 Å². The van der Waals surface area contributed by atoms with Gasteiger partial charge in [0.2, 0.25) is 5.91 Å². The van der Waals surface area contributed by atoms with E-state index in [2.05, 4.69) is 15.6 Å². The summed E-state index contributed by atoms with van der Waals surface area (Å²) in [5, 5.41) is 15.1. The first-order chi connectivity index (χ1) is 16.0. The van der Waals surface area contributed by atoms with Crippen molar-refractivity contribution in [1.82, 2.24) is 10.3 Å². The molecule has 172 valence electrons. The normalized spacial score (nSPS) is 11.5. The molecule has 0 bridgehead atoms. The Hall–Kier alpha value is -3.94. The summed E-state index contributed by atoms with van der Waals surface area (Å²) < 4.78 is 5.26. The number of ether oxygens (including phenoxy) is 1. The summed E-state index contributed by atoms with van der Waals surface area (Å²) in [4.78, 5) is 40.2. The molecule has 1 heterocycles. The van der Waals surface area contributed by atoms with Crippen molar-refractivity contribution in [3.8, 4) is 0 Å². The van der Waals surface area contributed by atoms with Crippen molar-refractivity contribution in [2.45, 2.75) is 44.8 Å². The summed E-state index contributed by atoms with van der Waals surface area (Å²) in [5.41, 5.74) is 2.25. The number of rotatable bonds is 11. The lowest BCUT2D eigenvalue weighted by Gasteiger charge is -2.18. The van der Waals surface area contributed by atoms with E-state index in [1.54, 1.807) is 12.3 Å². The molecule has 0 saturated heterocycles. The standard InChI is InChI=1S/C25H27N3O5/c29-23(30)12-6-2-5-11-22(28-25(32)33-17-18-8-3-1-4-9-18)24(31)27-20-13-14-21-19(16-20)10-7-15-26-21/h1,3-4,7-10,13-16,22H,2,5-6,11-12,17H2,(H,27,31)(H,28,32)(H,29,30)/t22-/m0/s1. The van der Waals surface area contributed by atoms with E-state index in [4.69, 9.17) is 9.84 Å². The molecule has 0 unspecified atom stereocenters. The highest BCUT2D eigenvalue weighted by molar-refractivity contribution is 5.98. The Bertz CT molecular complexity index is 1090. The number of fused-ring (bicyclic) bond motifs is 1. The number of alkyl carbamates (subject to hydrolysis) is 1. The maximum absolute atomic E-state index is 12.9. The van der Waals surface area contributed by atoms with E-state index in [0.717, 1.165) is 16.5 Å². The minimum Gasteiger partial charge on any atom is -0.481 e. The Morgan fingerprint density at radius 3 is 2.58 bits per heavy atom. The summed E-state index contributed by atoms with van der Waals surface area (Å²) in [6.45, 7) is 0.0945. The predicted molar refractivity (Wildman–Crippen MR) is 125 cm³/mol. The van der Waals surface area contributed by atoms with Crippen molar-refractivity contribution in [2.24, 2.45) is 0 Å². The van der Waals surface area contributed by atoms with Crippen molar-refractivity contribution in [3.63, 3.8) is 0 Å². The van der Waals surface area contributed by atoms with Gasteiger partial charge in [0.1, 0.15) is 12.6 Å². The van der Waals surface area contributed by atoms with Crippen LogP contribution in [0.15, 0.2) is 66.9 Å². The summed E-state index contributed by atoms with van der Waals surface area (Å²) >= 11 is 0. The molecule has 0 aliphatic carbocycles. The summed E-state index contributed by atoms with van der Waals surface area (Å²) in [6, 6.07) is 17.5. The molecule has 0 radical (unpaired) electrons. The fourth-order valence-corrected chi connectivity index (χ4v) is 3.36. The van der Waals surface area contributed by atoms with Crippen molar-refractivity contribution >= 4 is 34.6 Å². The number of pyridine rings is 1. The second-order valence-electron chi connectivity index (χ2n) is 7.65. The van der Waals surface area contributed by atoms with E-state index in [9.17, 15) is 14.4 Å². The molecule has 0 fully saturated rings.